The van der Waals surface area contributed by atoms with Crippen LogP contribution in [0.2, 0.25) is 19.1 Å². The smallest absolute Gasteiger partial charge is 0.407 e. The molecule has 0 saturated carbocycles. The van der Waals surface area contributed by atoms with Crippen LogP contribution < -0.4 is 10.6 Å². The normalized spacial score (nSPS) is 19.6. The maximum absolute atomic E-state index is 14.9. The number of carbonyl (C=O) groups excluding carboxylic acids is 4. The van der Waals surface area contributed by atoms with Gasteiger partial charge >= 0.3 is 6.09 Å². The first-order valence-electron chi connectivity index (χ1n) is 20.1. The minimum atomic E-state index is -3.17. The minimum absolute atomic E-state index is 0.147. The molecule has 4 atom stereocenters. The molecule has 0 spiro atoms. The molecule has 60 heavy (non-hydrogen) atoms. The van der Waals surface area contributed by atoms with E-state index < -0.39 is 75.5 Å². The number of halogens is 2. The lowest BCUT2D eigenvalue weighted by atomic mass is 10.0. The quantitative estimate of drug-likeness (QED) is 0.103. The number of rotatable bonds is 11. The average Bonchev–Trinajstić information content (AvgIpc) is 4.01. The fraction of sp³-hybridized carbons (Fsp3) is 0.452. The first-order valence-corrected chi connectivity index (χ1v) is 23.5. The highest BCUT2D eigenvalue weighted by Crippen LogP contribution is 2.42. The molecule has 4 amide bonds. The summed E-state index contributed by atoms with van der Waals surface area (Å²) in [4.78, 5) is 75.3. The number of H-pyrrole nitrogens is 2. The fourth-order valence-electron chi connectivity index (χ4n) is 8.34. The number of hydrogen-bond acceptors (Lipinski definition) is 9. The Bertz CT molecular complexity index is 2440. The number of likely N-dealkylation sites (tertiary alicyclic amines) is 1. The van der Waals surface area contributed by atoms with E-state index in [1.54, 1.807) is 26.2 Å². The third-order valence-corrected chi connectivity index (χ3v) is 14.1. The van der Waals surface area contributed by atoms with Crippen molar-refractivity contribution in [3.63, 3.8) is 0 Å². The van der Waals surface area contributed by atoms with Crippen LogP contribution in [0.25, 0.3) is 44.3 Å². The van der Waals surface area contributed by atoms with Crippen LogP contribution in [0.5, 0.6) is 0 Å². The first kappa shape index (κ1) is 42.4. The molecule has 5 aromatic rings. The summed E-state index contributed by atoms with van der Waals surface area (Å²) in [6, 6.07) is 11.1. The van der Waals surface area contributed by atoms with Crippen molar-refractivity contribution in [1.82, 2.24) is 45.4 Å². The van der Waals surface area contributed by atoms with Crippen LogP contribution in [0, 0.1) is 11.8 Å². The first-order chi connectivity index (χ1) is 28.4. The van der Waals surface area contributed by atoms with E-state index in [0.717, 1.165) is 44.2 Å². The third-order valence-electron chi connectivity index (χ3n) is 11.4. The van der Waals surface area contributed by atoms with E-state index in [-0.39, 0.29) is 23.7 Å². The van der Waals surface area contributed by atoms with Crippen LogP contribution >= 0.6 is 0 Å². The number of benzene rings is 2. The second-order valence-corrected chi connectivity index (χ2v) is 22.4. The zero-order chi connectivity index (χ0) is 43.3. The Labute approximate surface area is 346 Å². The summed E-state index contributed by atoms with van der Waals surface area (Å²) in [6.45, 7) is 10.0. The van der Waals surface area contributed by atoms with Crippen LogP contribution in [-0.4, -0.2) is 116 Å². The van der Waals surface area contributed by atoms with E-state index in [2.05, 4.69) is 33.7 Å². The van der Waals surface area contributed by atoms with Crippen molar-refractivity contribution in [2.45, 2.75) is 83.3 Å². The summed E-state index contributed by atoms with van der Waals surface area (Å²) in [5, 5.41) is 16.0. The number of imidazole rings is 2. The van der Waals surface area contributed by atoms with E-state index in [1.165, 1.54) is 7.11 Å². The molecule has 2 aromatic carbocycles. The number of aliphatic hydroxyl groups is 1. The van der Waals surface area contributed by atoms with Gasteiger partial charge in [-0.2, -0.15) is 0 Å². The molecule has 0 aliphatic carbocycles. The molecule has 318 valence electrons. The average molecular weight is 844 g/mol. The zero-order valence-corrected chi connectivity index (χ0v) is 35.7. The number of nitrogens with zero attached hydrogens (tertiary/aromatic N) is 5. The summed E-state index contributed by atoms with van der Waals surface area (Å²) >= 11 is 0. The maximum Gasteiger partial charge on any atom is 0.407 e. The number of amides is 4. The predicted molar refractivity (Wildman–Crippen MR) is 223 cm³/mol. The molecular formula is C42H51F2N9O6Si. The van der Waals surface area contributed by atoms with Crippen molar-refractivity contribution in [2.75, 3.05) is 26.4 Å². The number of aromatic nitrogens is 5. The van der Waals surface area contributed by atoms with Crippen LogP contribution in [0.4, 0.5) is 13.6 Å². The van der Waals surface area contributed by atoms with Crippen LogP contribution in [0.3, 0.4) is 0 Å². The van der Waals surface area contributed by atoms with Crippen molar-refractivity contribution >= 4 is 53.7 Å². The lowest BCUT2D eigenvalue weighted by Gasteiger charge is -2.30. The molecule has 2 aliphatic heterocycles. The van der Waals surface area contributed by atoms with Crippen molar-refractivity contribution < 1.29 is 37.8 Å². The largest absolute Gasteiger partial charge is 0.453 e. The third kappa shape index (κ3) is 8.47. The standard InChI is InChI=1S/C42H51F2N9O6Si/c1-22(2)34(49-33(55)18-54)39(56)52-20-42(43,44)15-31(52)38-47-29-13-9-24-14-25(8-11-27(24)36(29)50-38)28-12-10-26(16-45-28)30-17-46-37(48-30)32-19-60(6,7)21-53(32)40(57)35(23(3)4)51-41(58)59-5/h8-14,16-17,22-23,31-32,34-35,54H,15,18-21H2,1-7H3,(H,46,48)(H,47,50)(H,49,55)(H,51,58)/t31-,32-,34-,35-/m0/s1. The molecule has 2 fully saturated rings. The van der Waals surface area contributed by atoms with E-state index >= 15 is 0 Å². The minimum Gasteiger partial charge on any atom is -0.453 e. The summed E-state index contributed by atoms with van der Waals surface area (Å²) < 4.78 is 34.7. The molecule has 3 aromatic heterocycles. The van der Waals surface area contributed by atoms with E-state index in [1.807, 2.05) is 61.2 Å². The van der Waals surface area contributed by atoms with Gasteiger partial charge in [-0.1, -0.05) is 59.0 Å². The van der Waals surface area contributed by atoms with E-state index in [0.29, 0.717) is 23.0 Å². The second kappa shape index (κ2) is 16.4. The summed E-state index contributed by atoms with van der Waals surface area (Å²) in [5.41, 5.74) is 4.31. The number of hydrogen-bond donors (Lipinski definition) is 5. The molecule has 5 heterocycles. The number of alkyl carbamates (subject to hydrolysis) is 1. The predicted octanol–water partition coefficient (Wildman–Crippen LogP) is 5.72. The number of nitrogens with one attached hydrogen (secondary N) is 4. The highest BCUT2D eigenvalue weighted by molar-refractivity contribution is 6.78. The molecule has 7 rings (SSSR count). The lowest BCUT2D eigenvalue weighted by Crippen LogP contribution is -2.52. The van der Waals surface area contributed by atoms with Gasteiger partial charge in [-0.05, 0) is 47.5 Å². The van der Waals surface area contributed by atoms with Crippen LogP contribution in [-0.2, 0) is 19.1 Å². The Morgan fingerprint density at radius 2 is 1.60 bits per heavy atom. The second-order valence-electron chi connectivity index (χ2n) is 17.3. The van der Waals surface area contributed by atoms with Gasteiger partial charge in [-0.25, -0.2) is 23.5 Å². The number of aromatic amines is 2. The Morgan fingerprint density at radius 1 is 0.900 bits per heavy atom. The fourth-order valence-corrected chi connectivity index (χ4v) is 11.2. The summed E-state index contributed by atoms with van der Waals surface area (Å²) in [6.07, 6.45) is 2.86. The van der Waals surface area contributed by atoms with Crippen LogP contribution in [0.15, 0.2) is 54.9 Å². The Morgan fingerprint density at radius 3 is 2.27 bits per heavy atom. The van der Waals surface area contributed by atoms with Gasteiger partial charge < -0.3 is 40.2 Å². The van der Waals surface area contributed by atoms with Crippen molar-refractivity contribution in [3.05, 3.63) is 66.5 Å². The number of methoxy groups -OCH3 is 1. The van der Waals surface area contributed by atoms with E-state index in [4.69, 9.17) is 19.7 Å². The molecule has 0 radical (unpaired) electrons. The van der Waals surface area contributed by atoms with Gasteiger partial charge in [0.25, 0.3) is 5.92 Å². The zero-order valence-electron chi connectivity index (χ0n) is 34.7. The number of alkyl halides is 2. The number of aliphatic hydroxyl groups excluding tert-OH is 1. The van der Waals surface area contributed by atoms with Gasteiger partial charge in [0.05, 0.1) is 62.4 Å². The van der Waals surface area contributed by atoms with Crippen molar-refractivity contribution in [1.29, 1.82) is 0 Å². The number of ether oxygens (including phenoxy) is 1. The molecule has 2 aliphatic rings. The number of carbonyl (C=O) groups is 4. The molecule has 18 heteroatoms. The highest BCUT2D eigenvalue weighted by atomic mass is 28.3. The number of fused-ring (bicyclic) bond motifs is 3. The molecule has 0 bridgehead atoms. The van der Waals surface area contributed by atoms with Gasteiger partial charge in [0, 0.05) is 35.3 Å². The van der Waals surface area contributed by atoms with Crippen molar-refractivity contribution in [3.8, 4) is 22.5 Å². The SMILES string of the molecule is COC(=O)N[C@H](C(=O)N1C[Si](C)(C)C[C@H]1c1ncc(-c2ccc(-c3ccc4c(ccc5[nH]c([C@@H]6CC(F)(F)CN6C(=O)[C@@H](NC(=O)CO)C(C)C)nc54)c3)nc2)[nH]1)C(C)C. The van der Waals surface area contributed by atoms with Gasteiger partial charge in [0.1, 0.15) is 30.3 Å². The monoisotopic (exact) mass is 843 g/mol. The lowest BCUT2D eigenvalue weighted by molar-refractivity contribution is -0.140. The summed E-state index contributed by atoms with van der Waals surface area (Å²) in [5.74, 6) is -4.42. The van der Waals surface area contributed by atoms with Gasteiger partial charge in [0.15, 0.2) is 0 Å². The summed E-state index contributed by atoms with van der Waals surface area (Å²) in [7, 11) is -0.522. The topological polar surface area (TPSA) is 199 Å². The van der Waals surface area contributed by atoms with E-state index in [9.17, 15) is 33.1 Å². The van der Waals surface area contributed by atoms with Gasteiger partial charge in [0.2, 0.25) is 17.7 Å². The molecule has 0 unspecified atom stereocenters. The van der Waals surface area contributed by atoms with Gasteiger partial charge in [-0.15, -0.1) is 0 Å². The molecule has 2 saturated heterocycles. The molecule has 15 nitrogen and oxygen atoms in total. The van der Waals surface area contributed by atoms with Crippen LogP contribution in [0.1, 0.15) is 57.8 Å². The number of pyridine rings is 1. The molecule has 5 N–H and O–H groups in total. The highest BCUT2D eigenvalue weighted by Gasteiger charge is 2.50. The Kier molecular flexibility index (Phi) is 11.6. The van der Waals surface area contributed by atoms with Gasteiger partial charge in [-0.3, -0.25) is 19.4 Å². The van der Waals surface area contributed by atoms with Crippen molar-refractivity contribution in [2.24, 2.45) is 11.8 Å². The maximum atomic E-state index is 14.9. The molecular weight excluding hydrogens is 793 g/mol. The Hall–Kier alpha value is -5.75. The Balaban J connectivity index is 1.11.